The Morgan fingerprint density at radius 3 is 2.51 bits per heavy atom. The number of nitro benzene ring substituents is 1. The fourth-order valence-electron chi connectivity index (χ4n) is 5.75. The molecular formula is C31H36IN3O5S. The summed E-state index contributed by atoms with van der Waals surface area (Å²) in [5.41, 5.74) is 1.59. The molecule has 0 N–H and O–H groups in total. The van der Waals surface area contributed by atoms with E-state index < -0.39 is 4.92 Å². The van der Waals surface area contributed by atoms with E-state index in [4.69, 9.17) is 14.5 Å². The Kier molecular flexibility index (Phi) is 10.2. The fraction of sp³-hybridized carbons (Fsp3) is 0.484. The van der Waals surface area contributed by atoms with Gasteiger partial charge < -0.3 is 9.47 Å². The first kappa shape index (κ1) is 29.9. The number of hydrogen-bond acceptors (Lipinski definition) is 7. The second-order valence-corrected chi connectivity index (χ2v) is 12.9. The smallest absolute Gasteiger partial charge is 0.269 e. The lowest BCUT2D eigenvalue weighted by Crippen LogP contribution is -2.41. The van der Waals surface area contributed by atoms with E-state index in [1.165, 1.54) is 49.6 Å². The van der Waals surface area contributed by atoms with E-state index in [2.05, 4.69) is 22.6 Å². The summed E-state index contributed by atoms with van der Waals surface area (Å²) in [7, 11) is 0. The van der Waals surface area contributed by atoms with E-state index in [0.29, 0.717) is 34.6 Å². The fourth-order valence-corrected chi connectivity index (χ4v) is 7.64. The molecule has 10 heteroatoms. The van der Waals surface area contributed by atoms with Crippen molar-refractivity contribution in [2.75, 3.05) is 6.61 Å². The third-order valence-electron chi connectivity index (χ3n) is 7.78. The molecule has 2 aromatic carbocycles. The number of thioether (sulfide) groups is 1. The maximum atomic E-state index is 13.8. The maximum absolute atomic E-state index is 13.8. The largest absolute Gasteiger partial charge is 0.490 e. The molecule has 8 nitrogen and oxygen atoms in total. The molecule has 0 aromatic heterocycles. The molecule has 0 unspecified atom stereocenters. The van der Waals surface area contributed by atoms with Gasteiger partial charge in [-0.15, -0.1) is 0 Å². The Morgan fingerprint density at radius 2 is 1.80 bits per heavy atom. The van der Waals surface area contributed by atoms with Crippen molar-refractivity contribution in [3.8, 4) is 11.5 Å². The molecule has 2 saturated carbocycles. The molecule has 0 atom stereocenters. The van der Waals surface area contributed by atoms with Crippen molar-refractivity contribution >= 4 is 57.2 Å². The molecule has 1 heterocycles. The van der Waals surface area contributed by atoms with Crippen molar-refractivity contribution < 1.29 is 19.2 Å². The molecule has 218 valence electrons. The van der Waals surface area contributed by atoms with E-state index in [9.17, 15) is 14.9 Å². The van der Waals surface area contributed by atoms with Gasteiger partial charge in [-0.3, -0.25) is 24.8 Å². The van der Waals surface area contributed by atoms with Crippen molar-refractivity contribution in [3.63, 3.8) is 0 Å². The van der Waals surface area contributed by atoms with Gasteiger partial charge >= 0.3 is 0 Å². The molecule has 0 spiro atoms. The van der Waals surface area contributed by atoms with E-state index in [0.717, 1.165) is 52.8 Å². The van der Waals surface area contributed by atoms with Crippen molar-refractivity contribution in [1.29, 1.82) is 0 Å². The highest BCUT2D eigenvalue weighted by Crippen LogP contribution is 2.40. The van der Waals surface area contributed by atoms with Crippen LogP contribution in [0.1, 0.15) is 82.3 Å². The number of amidine groups is 1. The lowest BCUT2D eigenvalue weighted by Gasteiger charge is -2.31. The normalized spacial score (nSPS) is 20.6. The third-order valence-corrected chi connectivity index (χ3v) is 9.58. The average Bonchev–Trinajstić information content (AvgIpc) is 3.27. The summed E-state index contributed by atoms with van der Waals surface area (Å²) in [6.07, 6.45) is 13.5. The number of benzene rings is 2. The van der Waals surface area contributed by atoms with Gasteiger partial charge in [0.2, 0.25) is 0 Å². The van der Waals surface area contributed by atoms with Crippen LogP contribution < -0.4 is 9.47 Å². The minimum atomic E-state index is -0.413. The zero-order valence-corrected chi connectivity index (χ0v) is 26.3. The van der Waals surface area contributed by atoms with Gasteiger partial charge in [0, 0.05) is 18.2 Å². The number of ether oxygens (including phenoxy) is 2. The zero-order chi connectivity index (χ0) is 28.8. The highest BCUT2D eigenvalue weighted by molar-refractivity contribution is 14.1. The van der Waals surface area contributed by atoms with Gasteiger partial charge in [0.15, 0.2) is 16.7 Å². The molecule has 3 fully saturated rings. The highest BCUT2D eigenvalue weighted by Gasteiger charge is 2.39. The Labute approximate surface area is 259 Å². The van der Waals surface area contributed by atoms with Gasteiger partial charge in [-0.1, -0.05) is 50.7 Å². The van der Waals surface area contributed by atoms with Crippen LogP contribution in [0.15, 0.2) is 46.3 Å². The predicted molar refractivity (Wildman–Crippen MR) is 171 cm³/mol. The van der Waals surface area contributed by atoms with Crippen molar-refractivity contribution in [1.82, 2.24) is 4.90 Å². The summed E-state index contributed by atoms with van der Waals surface area (Å²) >= 11 is 3.72. The van der Waals surface area contributed by atoms with Gasteiger partial charge in [0.1, 0.15) is 6.61 Å². The topological polar surface area (TPSA) is 94.3 Å². The first-order chi connectivity index (χ1) is 19.9. The van der Waals surface area contributed by atoms with Gasteiger partial charge in [-0.2, -0.15) is 0 Å². The number of aliphatic imine (C=N–C) groups is 1. The Hall–Kier alpha value is -2.60. The third kappa shape index (κ3) is 7.43. The zero-order valence-electron chi connectivity index (χ0n) is 23.4. The monoisotopic (exact) mass is 689 g/mol. The summed E-state index contributed by atoms with van der Waals surface area (Å²) in [6, 6.07) is 10.8. The number of non-ortho nitro benzene ring substituents is 1. The molecule has 3 aliphatic rings. The molecule has 1 saturated heterocycles. The van der Waals surface area contributed by atoms with E-state index >= 15 is 0 Å². The van der Waals surface area contributed by atoms with Crippen molar-refractivity contribution in [3.05, 3.63) is 66.1 Å². The van der Waals surface area contributed by atoms with Gasteiger partial charge in [-0.25, -0.2) is 0 Å². The minimum Gasteiger partial charge on any atom is -0.490 e. The summed E-state index contributed by atoms with van der Waals surface area (Å²) in [6.45, 7) is 2.53. The summed E-state index contributed by atoms with van der Waals surface area (Å²) in [4.78, 5) is 32.4. The highest BCUT2D eigenvalue weighted by atomic mass is 127. The summed E-state index contributed by atoms with van der Waals surface area (Å²) in [5.74, 6) is 1.21. The number of amides is 1. The van der Waals surface area contributed by atoms with Crippen LogP contribution in [0, 0.1) is 13.7 Å². The second-order valence-electron chi connectivity index (χ2n) is 10.8. The predicted octanol–water partition coefficient (Wildman–Crippen LogP) is 8.11. The molecule has 0 bridgehead atoms. The first-order valence-corrected chi connectivity index (χ1v) is 16.5. The second kappa shape index (κ2) is 14.0. The van der Waals surface area contributed by atoms with E-state index in [1.807, 2.05) is 30.0 Å². The van der Waals surface area contributed by atoms with Crippen LogP contribution in [0.3, 0.4) is 0 Å². The van der Waals surface area contributed by atoms with Gasteiger partial charge in [-0.05, 0) is 96.3 Å². The SMILES string of the molecule is CCOc1cc(C=C2SC(=NC3CCCCC3)N(C3CCCCC3)C2=O)cc(I)c1OCc1cccc([N+](=O)[O-])c1. The number of nitro groups is 1. The number of nitrogens with zero attached hydrogens (tertiary/aromatic N) is 3. The number of carbonyl (C=O) groups is 1. The van der Waals surface area contributed by atoms with Crippen LogP contribution in [0.25, 0.3) is 6.08 Å². The maximum Gasteiger partial charge on any atom is 0.269 e. The molecule has 41 heavy (non-hydrogen) atoms. The molecular weight excluding hydrogens is 653 g/mol. The number of halogens is 1. The number of carbonyl (C=O) groups excluding carboxylic acids is 1. The van der Waals surface area contributed by atoms with Crippen molar-refractivity contribution in [2.24, 2.45) is 4.99 Å². The number of rotatable bonds is 9. The Morgan fingerprint density at radius 1 is 1.07 bits per heavy atom. The van der Waals surface area contributed by atoms with Crippen LogP contribution >= 0.6 is 34.4 Å². The molecule has 2 aromatic rings. The van der Waals surface area contributed by atoms with Gasteiger partial charge in [0.05, 0.1) is 26.0 Å². The summed E-state index contributed by atoms with van der Waals surface area (Å²) < 4.78 is 12.9. The van der Waals surface area contributed by atoms with E-state index in [1.54, 1.807) is 12.1 Å². The lowest BCUT2D eigenvalue weighted by molar-refractivity contribution is -0.384. The molecule has 2 aliphatic carbocycles. The van der Waals surface area contributed by atoms with Crippen LogP contribution in [0.5, 0.6) is 11.5 Å². The average molecular weight is 690 g/mol. The molecule has 5 rings (SSSR count). The minimum absolute atomic E-state index is 0.0280. The lowest BCUT2D eigenvalue weighted by atomic mass is 9.94. The molecule has 0 radical (unpaired) electrons. The quantitative estimate of drug-likeness (QED) is 0.114. The van der Waals surface area contributed by atoms with E-state index in [-0.39, 0.29) is 24.2 Å². The summed E-state index contributed by atoms with van der Waals surface area (Å²) in [5, 5.41) is 12.0. The Bertz CT molecular complexity index is 1340. The number of hydrogen-bond donors (Lipinski definition) is 0. The standard InChI is InChI=1S/C31H36IN3O5S/c1-2-39-27-18-22(17-26(32)29(27)40-20-21-10-9-15-25(16-21)35(37)38)19-28-30(36)34(24-13-7-4-8-14-24)31(41-28)33-23-11-5-3-6-12-23/h9-10,15-19,23-24H,2-8,11-14,20H2,1H3. The van der Waals surface area contributed by atoms with Crippen molar-refractivity contribution in [2.45, 2.75) is 89.8 Å². The van der Waals surface area contributed by atoms with Crippen LogP contribution in [-0.4, -0.2) is 39.6 Å². The first-order valence-electron chi connectivity index (χ1n) is 14.6. The van der Waals surface area contributed by atoms with Crippen LogP contribution in [0.2, 0.25) is 0 Å². The molecule has 1 amide bonds. The molecule has 1 aliphatic heterocycles. The van der Waals surface area contributed by atoms with Crippen LogP contribution in [-0.2, 0) is 11.4 Å². The van der Waals surface area contributed by atoms with Crippen LogP contribution in [0.4, 0.5) is 5.69 Å². The Balaban J connectivity index is 1.40. The van der Waals surface area contributed by atoms with Gasteiger partial charge in [0.25, 0.3) is 11.6 Å².